The van der Waals surface area contributed by atoms with Crippen LogP contribution in [0.15, 0.2) is 0 Å². The van der Waals surface area contributed by atoms with Crippen LogP contribution in [0.3, 0.4) is 0 Å². The van der Waals surface area contributed by atoms with E-state index in [-0.39, 0.29) is 0 Å². The summed E-state index contributed by atoms with van der Waals surface area (Å²) in [7, 11) is 0. The Bertz CT molecular complexity index is 202. The predicted octanol–water partition coefficient (Wildman–Crippen LogP) is 4.23. The molecule has 0 fully saturated rings. The lowest BCUT2D eigenvalue weighted by molar-refractivity contribution is -0.317. The topological polar surface area (TPSA) is 44.8 Å². The van der Waals surface area contributed by atoms with E-state index in [1.165, 1.54) is 19.3 Å². The minimum Gasteiger partial charge on any atom is -0.432 e. The summed E-state index contributed by atoms with van der Waals surface area (Å²) in [6, 6.07) is 0. The average Bonchev–Trinajstić information content (AvgIpc) is 2.31. The second-order valence-electron chi connectivity index (χ2n) is 4.79. The third kappa shape index (κ3) is 10.1. The fraction of sp³-hybridized carbons (Fsp3) is 0.923. The molecule has 0 aliphatic heterocycles. The van der Waals surface area contributed by atoms with Gasteiger partial charge in [0.2, 0.25) is 0 Å². The fourth-order valence-corrected chi connectivity index (χ4v) is 1.09. The van der Waals surface area contributed by atoms with Crippen molar-refractivity contribution in [3.63, 3.8) is 0 Å². The van der Waals surface area contributed by atoms with Crippen LogP contribution < -0.4 is 0 Å². The van der Waals surface area contributed by atoms with Crippen molar-refractivity contribution in [1.29, 1.82) is 0 Å². The lowest BCUT2D eigenvalue weighted by atomic mass is 10.1. The Morgan fingerprint density at radius 3 is 2.29 bits per heavy atom. The number of unbranched alkanes of at least 4 members (excludes halogenated alkanes) is 4. The van der Waals surface area contributed by atoms with Crippen LogP contribution in [0.25, 0.3) is 0 Å². The van der Waals surface area contributed by atoms with Crippen LogP contribution in [-0.2, 0) is 14.5 Å². The van der Waals surface area contributed by atoms with Crippen LogP contribution >= 0.6 is 0 Å². The van der Waals surface area contributed by atoms with Crippen molar-refractivity contribution in [1.82, 2.24) is 0 Å². The van der Waals surface area contributed by atoms with Crippen LogP contribution in [0.4, 0.5) is 4.79 Å². The van der Waals surface area contributed by atoms with Gasteiger partial charge in [0.1, 0.15) is 5.60 Å². The maximum absolute atomic E-state index is 11.1. The van der Waals surface area contributed by atoms with Gasteiger partial charge in [0.15, 0.2) is 0 Å². The summed E-state index contributed by atoms with van der Waals surface area (Å²) in [6.45, 7) is 8.23. The molecular weight excluding hydrogens is 220 g/mol. The lowest BCUT2D eigenvalue weighted by Crippen LogP contribution is -2.25. The van der Waals surface area contributed by atoms with E-state index in [0.29, 0.717) is 6.61 Å². The normalized spacial score (nSPS) is 11.3. The van der Waals surface area contributed by atoms with Gasteiger partial charge < -0.3 is 4.74 Å². The van der Waals surface area contributed by atoms with Crippen molar-refractivity contribution in [2.24, 2.45) is 0 Å². The molecule has 4 heteroatoms. The largest absolute Gasteiger partial charge is 0.540 e. The molecule has 0 aromatic heterocycles. The van der Waals surface area contributed by atoms with Crippen molar-refractivity contribution in [3.05, 3.63) is 0 Å². The smallest absolute Gasteiger partial charge is 0.432 e. The van der Waals surface area contributed by atoms with Crippen LogP contribution in [0.1, 0.15) is 66.2 Å². The Balaban J connectivity index is 3.41. The van der Waals surface area contributed by atoms with E-state index in [9.17, 15) is 4.79 Å². The van der Waals surface area contributed by atoms with Crippen LogP contribution in [0, 0.1) is 0 Å². The minimum atomic E-state index is -0.748. The van der Waals surface area contributed by atoms with Crippen molar-refractivity contribution in [2.45, 2.75) is 71.8 Å². The third-order valence-corrected chi connectivity index (χ3v) is 2.65. The first kappa shape index (κ1) is 16.2. The summed E-state index contributed by atoms with van der Waals surface area (Å²) >= 11 is 0. The maximum Gasteiger partial charge on any atom is 0.540 e. The molecule has 102 valence electrons. The average molecular weight is 246 g/mol. The third-order valence-electron chi connectivity index (χ3n) is 2.65. The highest BCUT2D eigenvalue weighted by molar-refractivity contribution is 5.58. The van der Waals surface area contributed by atoms with Gasteiger partial charge in [-0.15, -0.1) is 0 Å². The zero-order valence-electron chi connectivity index (χ0n) is 11.6. The first-order valence-corrected chi connectivity index (χ1v) is 6.54. The molecule has 0 bridgehead atoms. The molecule has 0 spiro atoms. The summed E-state index contributed by atoms with van der Waals surface area (Å²) in [5.41, 5.74) is -0.458. The van der Waals surface area contributed by atoms with Crippen molar-refractivity contribution < 1.29 is 19.3 Å². The van der Waals surface area contributed by atoms with Gasteiger partial charge in [-0.05, 0) is 26.7 Å². The Morgan fingerprint density at radius 2 is 1.71 bits per heavy atom. The first-order valence-electron chi connectivity index (χ1n) is 6.54. The number of hydrogen-bond donors (Lipinski definition) is 0. The second-order valence-corrected chi connectivity index (χ2v) is 4.79. The van der Waals surface area contributed by atoms with E-state index in [1.807, 2.05) is 20.8 Å². The maximum atomic E-state index is 11.1. The molecule has 0 aromatic carbocycles. The van der Waals surface area contributed by atoms with E-state index in [0.717, 1.165) is 19.3 Å². The molecule has 0 aromatic rings. The molecule has 0 saturated carbocycles. The van der Waals surface area contributed by atoms with E-state index < -0.39 is 11.8 Å². The standard InChI is InChI=1S/C13H26O4/c1-5-7-8-9-10-11-15-12(14)16-17-13(3,4)6-2/h5-11H2,1-4H3. The van der Waals surface area contributed by atoms with Gasteiger partial charge in [0.25, 0.3) is 0 Å². The summed E-state index contributed by atoms with van der Waals surface area (Å²) in [5.74, 6) is 0. The molecule has 0 heterocycles. The van der Waals surface area contributed by atoms with Gasteiger partial charge in [0.05, 0.1) is 6.61 Å². The molecule has 17 heavy (non-hydrogen) atoms. The molecule has 0 atom stereocenters. The van der Waals surface area contributed by atoms with Gasteiger partial charge >= 0.3 is 6.16 Å². The van der Waals surface area contributed by atoms with Crippen molar-refractivity contribution in [2.75, 3.05) is 6.61 Å². The Labute approximate surface area is 105 Å². The van der Waals surface area contributed by atoms with Crippen molar-refractivity contribution >= 4 is 6.16 Å². The SMILES string of the molecule is CCCCCCCOC(=O)OOC(C)(C)CC. The van der Waals surface area contributed by atoms with Gasteiger partial charge in [-0.25, -0.2) is 4.79 Å². The zero-order chi connectivity index (χ0) is 13.1. The highest BCUT2D eigenvalue weighted by atomic mass is 17.2. The number of carbonyl (C=O) groups excluding carboxylic acids is 1. The van der Waals surface area contributed by atoms with E-state index in [1.54, 1.807) is 0 Å². The molecule has 0 radical (unpaired) electrons. The lowest BCUT2D eigenvalue weighted by Gasteiger charge is -2.19. The molecule has 0 rings (SSSR count). The highest BCUT2D eigenvalue weighted by Gasteiger charge is 2.20. The summed E-state index contributed by atoms with van der Waals surface area (Å²) < 4.78 is 4.88. The Hall–Kier alpha value is -0.770. The zero-order valence-corrected chi connectivity index (χ0v) is 11.6. The van der Waals surface area contributed by atoms with Gasteiger partial charge in [0, 0.05) is 0 Å². The number of carbonyl (C=O) groups is 1. The second kappa shape index (κ2) is 9.28. The Kier molecular flexibility index (Phi) is 8.86. The number of ether oxygens (including phenoxy) is 1. The summed E-state index contributed by atoms with van der Waals surface area (Å²) in [5, 5.41) is 0. The van der Waals surface area contributed by atoms with E-state index in [2.05, 4.69) is 11.8 Å². The van der Waals surface area contributed by atoms with Gasteiger partial charge in [-0.3, -0.25) is 4.89 Å². The Morgan fingerprint density at radius 1 is 1.06 bits per heavy atom. The van der Waals surface area contributed by atoms with Crippen molar-refractivity contribution in [3.8, 4) is 0 Å². The molecular formula is C13H26O4. The molecule has 0 unspecified atom stereocenters. The quantitative estimate of drug-likeness (QED) is 0.264. The molecule has 0 N–H and O–H groups in total. The molecule has 0 aliphatic carbocycles. The number of hydrogen-bond acceptors (Lipinski definition) is 4. The molecule has 0 saturated heterocycles. The molecule has 0 aliphatic rings. The van der Waals surface area contributed by atoms with Crippen LogP contribution in [-0.4, -0.2) is 18.4 Å². The van der Waals surface area contributed by atoms with E-state index >= 15 is 0 Å². The van der Waals surface area contributed by atoms with Crippen LogP contribution in [0.5, 0.6) is 0 Å². The summed E-state index contributed by atoms with van der Waals surface area (Å²) in [4.78, 5) is 20.7. The monoisotopic (exact) mass is 246 g/mol. The number of rotatable bonds is 9. The highest BCUT2D eigenvalue weighted by Crippen LogP contribution is 2.14. The van der Waals surface area contributed by atoms with Gasteiger partial charge in [-0.1, -0.05) is 39.5 Å². The predicted molar refractivity (Wildman–Crippen MR) is 66.6 cm³/mol. The fourth-order valence-electron chi connectivity index (χ4n) is 1.09. The van der Waals surface area contributed by atoms with E-state index in [4.69, 9.17) is 9.62 Å². The minimum absolute atomic E-state index is 0.401. The summed E-state index contributed by atoms with van der Waals surface area (Å²) in [6.07, 6.45) is 5.61. The van der Waals surface area contributed by atoms with Gasteiger partial charge in [-0.2, -0.15) is 4.89 Å². The molecule has 0 amide bonds. The molecule has 4 nitrogen and oxygen atoms in total. The van der Waals surface area contributed by atoms with Crippen LogP contribution in [0.2, 0.25) is 0 Å². The first-order chi connectivity index (χ1) is 8.02.